The Morgan fingerprint density at radius 3 is 2.38 bits per heavy atom. The zero-order chi connectivity index (χ0) is 28.6. The minimum atomic E-state index is -0.375. The third-order valence-corrected chi connectivity index (χ3v) is 6.82. The highest BCUT2D eigenvalue weighted by atomic mass is 16.5. The van der Waals surface area contributed by atoms with Gasteiger partial charge in [-0.2, -0.15) is 0 Å². The molecule has 39 heavy (non-hydrogen) atoms. The third kappa shape index (κ3) is 7.91. The Kier molecular flexibility index (Phi) is 10.7. The molecule has 0 saturated heterocycles. The molecule has 0 bridgehead atoms. The lowest BCUT2D eigenvalue weighted by Gasteiger charge is -2.34. The summed E-state index contributed by atoms with van der Waals surface area (Å²) in [6, 6.07) is 14.5. The van der Waals surface area contributed by atoms with E-state index in [0.29, 0.717) is 61.4 Å². The molecule has 0 aliphatic rings. The van der Waals surface area contributed by atoms with Gasteiger partial charge >= 0.3 is 0 Å². The van der Waals surface area contributed by atoms with Crippen molar-refractivity contribution < 1.29 is 14.3 Å². The van der Waals surface area contributed by atoms with E-state index in [2.05, 4.69) is 27.7 Å². The number of aromatic nitrogens is 2. The van der Waals surface area contributed by atoms with Gasteiger partial charge in [-0.05, 0) is 73.9 Å². The SMILES string of the molecule is CCOc1ccc(-n2c(C(CC)N(CCCOC)C(=O)CC(C)CC(C)(C)C)nc3ccccc3c2=O)cc1. The predicted molar refractivity (Wildman–Crippen MR) is 158 cm³/mol. The molecule has 1 heterocycles. The molecule has 2 atom stereocenters. The maximum Gasteiger partial charge on any atom is 0.266 e. The van der Waals surface area contributed by atoms with Gasteiger partial charge < -0.3 is 14.4 Å². The van der Waals surface area contributed by atoms with Gasteiger partial charge in [-0.1, -0.05) is 46.8 Å². The molecular weight excluding hydrogens is 490 g/mol. The molecule has 1 amide bonds. The first-order valence-corrected chi connectivity index (χ1v) is 14.1. The first-order valence-electron chi connectivity index (χ1n) is 14.1. The van der Waals surface area contributed by atoms with E-state index in [-0.39, 0.29) is 28.8 Å². The number of hydrogen-bond acceptors (Lipinski definition) is 5. The fraction of sp³-hybridized carbons (Fsp3) is 0.531. The number of ether oxygens (including phenoxy) is 2. The third-order valence-electron chi connectivity index (χ3n) is 6.82. The number of nitrogens with zero attached hydrogens (tertiary/aromatic N) is 3. The summed E-state index contributed by atoms with van der Waals surface area (Å²) in [6.45, 7) is 14.4. The van der Waals surface area contributed by atoms with Crippen molar-refractivity contribution in [2.24, 2.45) is 11.3 Å². The number of carbonyl (C=O) groups excluding carboxylic acids is 1. The van der Waals surface area contributed by atoms with Gasteiger partial charge in [0, 0.05) is 26.7 Å². The second kappa shape index (κ2) is 13.7. The molecule has 212 valence electrons. The normalized spacial score (nSPS) is 13.3. The molecule has 7 heteroatoms. The first-order chi connectivity index (χ1) is 18.6. The van der Waals surface area contributed by atoms with E-state index in [4.69, 9.17) is 14.5 Å². The molecule has 0 N–H and O–H groups in total. The average Bonchev–Trinajstić information content (AvgIpc) is 2.88. The number of para-hydroxylation sites is 1. The van der Waals surface area contributed by atoms with Gasteiger partial charge in [-0.25, -0.2) is 4.98 Å². The molecule has 3 aromatic rings. The summed E-state index contributed by atoms with van der Waals surface area (Å²) in [7, 11) is 1.67. The smallest absolute Gasteiger partial charge is 0.266 e. The number of rotatable bonds is 13. The predicted octanol–water partition coefficient (Wildman–Crippen LogP) is 6.56. The van der Waals surface area contributed by atoms with Crippen LogP contribution in [0.5, 0.6) is 5.75 Å². The zero-order valence-electron chi connectivity index (χ0n) is 24.7. The molecule has 0 spiro atoms. The lowest BCUT2D eigenvalue weighted by atomic mass is 9.84. The van der Waals surface area contributed by atoms with Crippen LogP contribution in [0.2, 0.25) is 0 Å². The van der Waals surface area contributed by atoms with Gasteiger partial charge in [0.2, 0.25) is 5.91 Å². The largest absolute Gasteiger partial charge is 0.494 e. The Labute approximate surface area is 233 Å². The van der Waals surface area contributed by atoms with Crippen LogP contribution in [-0.4, -0.2) is 47.2 Å². The summed E-state index contributed by atoms with van der Waals surface area (Å²) in [4.78, 5) is 34.7. The van der Waals surface area contributed by atoms with Gasteiger partial charge in [-0.3, -0.25) is 14.2 Å². The molecule has 7 nitrogen and oxygen atoms in total. The maximum absolute atomic E-state index is 13.9. The van der Waals surface area contributed by atoms with Crippen molar-refractivity contribution in [3.63, 3.8) is 0 Å². The summed E-state index contributed by atoms with van der Waals surface area (Å²) >= 11 is 0. The zero-order valence-corrected chi connectivity index (χ0v) is 24.7. The van der Waals surface area contributed by atoms with E-state index >= 15 is 0 Å². The highest BCUT2D eigenvalue weighted by Gasteiger charge is 2.30. The molecule has 0 saturated carbocycles. The molecule has 0 radical (unpaired) electrons. The van der Waals surface area contributed by atoms with Crippen LogP contribution in [0, 0.1) is 11.3 Å². The molecular formula is C32H45N3O4. The summed E-state index contributed by atoms with van der Waals surface area (Å²) < 4.78 is 12.6. The van der Waals surface area contributed by atoms with Gasteiger partial charge in [-0.15, -0.1) is 0 Å². The first kappa shape index (κ1) is 30.4. The van der Waals surface area contributed by atoms with E-state index in [1.54, 1.807) is 17.7 Å². The van der Waals surface area contributed by atoms with Gasteiger partial charge in [0.05, 0.1) is 29.2 Å². The lowest BCUT2D eigenvalue weighted by Crippen LogP contribution is -2.40. The highest BCUT2D eigenvalue weighted by molar-refractivity contribution is 5.79. The van der Waals surface area contributed by atoms with Crippen LogP contribution in [0.3, 0.4) is 0 Å². The standard InChI is InChI=1S/C32H45N3O4/c1-8-28(34(19-12-20-38-7)29(36)21-23(3)22-32(4,5)6)30-33-27-14-11-10-13-26(27)31(37)35(30)24-15-17-25(18-16-24)39-9-2/h10-11,13-18,23,28H,8-9,12,19-22H2,1-7H3. The van der Waals surface area contributed by atoms with Gasteiger partial charge in [0.1, 0.15) is 11.6 Å². The van der Waals surface area contributed by atoms with Crippen molar-refractivity contribution in [3.8, 4) is 11.4 Å². The molecule has 1 aromatic heterocycles. The fourth-order valence-electron chi connectivity index (χ4n) is 5.39. The number of amides is 1. The Morgan fingerprint density at radius 1 is 1.08 bits per heavy atom. The van der Waals surface area contributed by atoms with Crippen LogP contribution in [0.25, 0.3) is 16.6 Å². The minimum Gasteiger partial charge on any atom is -0.494 e. The minimum absolute atomic E-state index is 0.0790. The Hall–Kier alpha value is -3.19. The summed E-state index contributed by atoms with van der Waals surface area (Å²) in [5, 5.41) is 0.543. The fourth-order valence-corrected chi connectivity index (χ4v) is 5.39. The van der Waals surface area contributed by atoms with Crippen molar-refractivity contribution in [2.45, 2.75) is 73.3 Å². The molecule has 0 aliphatic heterocycles. The van der Waals surface area contributed by atoms with E-state index in [0.717, 1.165) is 12.2 Å². The number of methoxy groups -OCH3 is 1. The van der Waals surface area contributed by atoms with Crippen molar-refractivity contribution in [1.82, 2.24) is 14.5 Å². The van der Waals surface area contributed by atoms with Crippen LogP contribution in [0.4, 0.5) is 0 Å². The van der Waals surface area contributed by atoms with E-state index in [9.17, 15) is 9.59 Å². The molecule has 3 rings (SSSR count). The van der Waals surface area contributed by atoms with E-state index in [1.807, 2.05) is 61.2 Å². The quantitative estimate of drug-likeness (QED) is 0.232. The summed E-state index contributed by atoms with van der Waals surface area (Å²) in [5.74, 6) is 1.62. The number of fused-ring (bicyclic) bond motifs is 1. The van der Waals surface area contributed by atoms with Crippen LogP contribution in [0.15, 0.2) is 53.3 Å². The van der Waals surface area contributed by atoms with Crippen molar-refractivity contribution in [3.05, 3.63) is 64.7 Å². The molecule has 0 aliphatic carbocycles. The Bertz CT molecular complexity index is 1280. The average molecular weight is 536 g/mol. The monoisotopic (exact) mass is 535 g/mol. The number of benzene rings is 2. The number of hydrogen-bond donors (Lipinski definition) is 0. The van der Waals surface area contributed by atoms with Gasteiger partial charge in [0.25, 0.3) is 5.56 Å². The van der Waals surface area contributed by atoms with Crippen molar-refractivity contribution >= 4 is 16.8 Å². The van der Waals surface area contributed by atoms with Crippen LogP contribution < -0.4 is 10.3 Å². The van der Waals surface area contributed by atoms with Crippen LogP contribution >= 0.6 is 0 Å². The van der Waals surface area contributed by atoms with Crippen LogP contribution in [0.1, 0.15) is 79.1 Å². The second-order valence-electron chi connectivity index (χ2n) is 11.5. The van der Waals surface area contributed by atoms with Crippen molar-refractivity contribution in [1.29, 1.82) is 0 Å². The van der Waals surface area contributed by atoms with Crippen LogP contribution in [-0.2, 0) is 9.53 Å². The van der Waals surface area contributed by atoms with Crippen molar-refractivity contribution in [2.75, 3.05) is 26.9 Å². The maximum atomic E-state index is 13.9. The molecule has 0 fully saturated rings. The Morgan fingerprint density at radius 2 is 1.77 bits per heavy atom. The topological polar surface area (TPSA) is 73.7 Å². The lowest BCUT2D eigenvalue weighted by molar-refractivity contribution is -0.135. The van der Waals surface area contributed by atoms with E-state index < -0.39 is 0 Å². The number of carbonyl (C=O) groups is 1. The van der Waals surface area contributed by atoms with E-state index in [1.165, 1.54) is 0 Å². The summed E-state index contributed by atoms with van der Waals surface area (Å²) in [5.41, 5.74) is 1.31. The summed E-state index contributed by atoms with van der Waals surface area (Å²) in [6.07, 6.45) is 2.72. The second-order valence-corrected chi connectivity index (χ2v) is 11.5. The molecule has 2 unspecified atom stereocenters. The van der Waals surface area contributed by atoms with Gasteiger partial charge in [0.15, 0.2) is 0 Å². The highest BCUT2D eigenvalue weighted by Crippen LogP contribution is 2.30. The molecule has 2 aromatic carbocycles. The Balaban J connectivity index is 2.13.